The lowest BCUT2D eigenvalue weighted by atomic mass is 9.87. The molecular formula is C19H35IN4O2S. The first kappa shape index (κ1) is 23.1. The van der Waals surface area contributed by atoms with Crippen molar-refractivity contribution in [2.24, 2.45) is 10.9 Å². The van der Waals surface area contributed by atoms with Crippen molar-refractivity contribution in [3.8, 4) is 0 Å². The molecule has 6 nitrogen and oxygen atoms in total. The van der Waals surface area contributed by atoms with Crippen molar-refractivity contribution >= 4 is 47.6 Å². The molecule has 2 saturated heterocycles. The molecule has 27 heavy (non-hydrogen) atoms. The highest BCUT2D eigenvalue weighted by Gasteiger charge is 2.38. The third-order valence-corrected chi connectivity index (χ3v) is 7.28. The molecule has 3 rings (SSSR count). The number of halogens is 1. The van der Waals surface area contributed by atoms with Gasteiger partial charge in [0.2, 0.25) is 5.91 Å². The van der Waals surface area contributed by atoms with Crippen LogP contribution in [-0.4, -0.2) is 85.7 Å². The second-order valence-electron chi connectivity index (χ2n) is 8.05. The average molecular weight is 510 g/mol. The maximum absolute atomic E-state index is 12.0. The van der Waals surface area contributed by atoms with Gasteiger partial charge in [0, 0.05) is 56.8 Å². The van der Waals surface area contributed by atoms with E-state index in [1.165, 1.54) is 32.1 Å². The number of thioether (sulfide) groups is 1. The van der Waals surface area contributed by atoms with Gasteiger partial charge < -0.3 is 19.9 Å². The van der Waals surface area contributed by atoms with Crippen LogP contribution in [0.15, 0.2) is 4.99 Å². The molecule has 1 unspecified atom stereocenters. The Morgan fingerprint density at radius 1 is 1.33 bits per heavy atom. The average Bonchev–Trinajstić information content (AvgIpc) is 3.15. The number of ether oxygens (including phenoxy) is 1. The number of amides is 1. The summed E-state index contributed by atoms with van der Waals surface area (Å²) < 4.78 is 5.89. The highest BCUT2D eigenvalue weighted by Crippen LogP contribution is 2.42. The Morgan fingerprint density at radius 2 is 2.11 bits per heavy atom. The largest absolute Gasteiger partial charge is 0.381 e. The van der Waals surface area contributed by atoms with Gasteiger partial charge in [-0.1, -0.05) is 19.3 Å². The first-order valence-corrected chi connectivity index (χ1v) is 11.0. The van der Waals surface area contributed by atoms with E-state index in [0.29, 0.717) is 10.7 Å². The summed E-state index contributed by atoms with van der Waals surface area (Å²) in [6.07, 6.45) is 7.80. The topological polar surface area (TPSA) is 57.2 Å². The molecule has 1 N–H and O–H groups in total. The van der Waals surface area contributed by atoms with Gasteiger partial charge in [-0.2, -0.15) is 11.8 Å². The second-order valence-corrected chi connectivity index (χ2v) is 9.62. The van der Waals surface area contributed by atoms with Crippen LogP contribution in [0.25, 0.3) is 0 Å². The van der Waals surface area contributed by atoms with E-state index >= 15 is 0 Å². The molecule has 0 bridgehead atoms. The summed E-state index contributed by atoms with van der Waals surface area (Å²) in [6.45, 7) is 4.85. The third-order valence-electron chi connectivity index (χ3n) is 5.75. The second kappa shape index (κ2) is 11.1. The fraction of sp³-hybridized carbons (Fsp3) is 0.895. The van der Waals surface area contributed by atoms with Crippen LogP contribution in [0, 0.1) is 5.92 Å². The Kier molecular flexibility index (Phi) is 9.47. The fourth-order valence-electron chi connectivity index (χ4n) is 4.06. The zero-order valence-corrected chi connectivity index (χ0v) is 19.9. The van der Waals surface area contributed by atoms with Gasteiger partial charge in [-0.05, 0) is 19.3 Å². The van der Waals surface area contributed by atoms with E-state index in [-0.39, 0.29) is 36.4 Å². The maximum atomic E-state index is 12.0. The van der Waals surface area contributed by atoms with Gasteiger partial charge in [-0.25, -0.2) is 4.99 Å². The standard InChI is InChI=1S/C19H34N4O2S.HI/c1-22(2)17(24)13-21-18(20-12-16-6-10-25-14-16)23-9-11-26-19(15-23)7-4-3-5-8-19;/h16H,3-15H2,1-2H3,(H,20,21);1H. The first-order chi connectivity index (χ1) is 12.6. The number of guanidine groups is 1. The molecule has 1 amide bonds. The van der Waals surface area contributed by atoms with Crippen LogP contribution in [0.1, 0.15) is 38.5 Å². The van der Waals surface area contributed by atoms with Crippen molar-refractivity contribution in [3.05, 3.63) is 0 Å². The van der Waals surface area contributed by atoms with Gasteiger partial charge in [0.25, 0.3) is 0 Å². The predicted octanol–water partition coefficient (Wildman–Crippen LogP) is 2.43. The smallest absolute Gasteiger partial charge is 0.243 e. The lowest BCUT2D eigenvalue weighted by molar-refractivity contribution is -0.127. The van der Waals surface area contributed by atoms with Gasteiger partial charge >= 0.3 is 0 Å². The number of nitrogens with one attached hydrogen (secondary N) is 1. The zero-order chi connectivity index (χ0) is 18.4. The van der Waals surface area contributed by atoms with Gasteiger partial charge in [0.05, 0.1) is 6.61 Å². The number of aliphatic imine (C=N–C) groups is 1. The van der Waals surface area contributed by atoms with Crippen LogP contribution in [0.5, 0.6) is 0 Å². The minimum absolute atomic E-state index is 0. The molecule has 0 aromatic rings. The number of rotatable bonds is 4. The summed E-state index contributed by atoms with van der Waals surface area (Å²) >= 11 is 2.16. The molecule has 1 atom stereocenters. The first-order valence-electron chi connectivity index (χ1n) is 10.0. The summed E-state index contributed by atoms with van der Waals surface area (Å²) in [6, 6.07) is 0. The molecular weight excluding hydrogens is 475 g/mol. The van der Waals surface area contributed by atoms with E-state index in [1.807, 2.05) is 0 Å². The van der Waals surface area contributed by atoms with Gasteiger partial charge in [-0.15, -0.1) is 24.0 Å². The highest BCUT2D eigenvalue weighted by molar-refractivity contribution is 14.0. The van der Waals surface area contributed by atoms with E-state index in [2.05, 4.69) is 22.0 Å². The van der Waals surface area contributed by atoms with Crippen molar-refractivity contribution < 1.29 is 9.53 Å². The van der Waals surface area contributed by atoms with Crippen molar-refractivity contribution in [1.29, 1.82) is 0 Å². The van der Waals surface area contributed by atoms with Crippen molar-refractivity contribution in [1.82, 2.24) is 15.1 Å². The Hall–Kier alpha value is -0.220. The van der Waals surface area contributed by atoms with Gasteiger partial charge in [0.1, 0.15) is 6.54 Å². The van der Waals surface area contributed by atoms with E-state index < -0.39 is 0 Å². The van der Waals surface area contributed by atoms with Crippen molar-refractivity contribution in [2.45, 2.75) is 43.3 Å². The Morgan fingerprint density at radius 3 is 2.78 bits per heavy atom. The predicted molar refractivity (Wildman–Crippen MR) is 123 cm³/mol. The number of carbonyl (C=O) groups excluding carboxylic acids is 1. The summed E-state index contributed by atoms with van der Waals surface area (Å²) in [7, 11) is 3.57. The molecule has 1 saturated carbocycles. The lowest BCUT2D eigenvalue weighted by Gasteiger charge is -2.45. The van der Waals surface area contributed by atoms with Crippen LogP contribution in [0.3, 0.4) is 0 Å². The van der Waals surface area contributed by atoms with Crippen LogP contribution in [0.4, 0.5) is 0 Å². The molecule has 8 heteroatoms. The Bertz CT molecular complexity index is 500. The van der Waals surface area contributed by atoms with E-state index in [0.717, 1.165) is 51.0 Å². The number of nitrogens with zero attached hydrogens (tertiary/aromatic N) is 3. The monoisotopic (exact) mass is 510 g/mol. The highest BCUT2D eigenvalue weighted by atomic mass is 127. The maximum Gasteiger partial charge on any atom is 0.243 e. The van der Waals surface area contributed by atoms with Gasteiger partial charge in [-0.3, -0.25) is 4.79 Å². The zero-order valence-electron chi connectivity index (χ0n) is 16.7. The normalized spacial score (nSPS) is 25.2. The lowest BCUT2D eigenvalue weighted by Crippen LogP contribution is -2.54. The molecule has 2 heterocycles. The van der Waals surface area contributed by atoms with Crippen LogP contribution in [0.2, 0.25) is 0 Å². The molecule has 3 fully saturated rings. The minimum atomic E-state index is 0. The van der Waals surface area contributed by atoms with Crippen molar-refractivity contribution in [3.63, 3.8) is 0 Å². The van der Waals surface area contributed by atoms with Crippen LogP contribution in [-0.2, 0) is 9.53 Å². The van der Waals surface area contributed by atoms with Gasteiger partial charge in [0.15, 0.2) is 5.96 Å². The Labute approximate surface area is 185 Å². The Balaban J connectivity index is 0.00000261. The number of hydrogen-bond acceptors (Lipinski definition) is 4. The number of hydrogen-bond donors (Lipinski definition) is 1. The molecule has 0 aromatic carbocycles. The SMILES string of the molecule is CN(C)C(=O)CN=C(NCC1CCOC1)N1CCSC2(CCCCC2)C1.I. The summed E-state index contributed by atoms with van der Waals surface area (Å²) in [5.41, 5.74) is 0. The van der Waals surface area contributed by atoms with Crippen LogP contribution < -0.4 is 5.32 Å². The molecule has 3 aliphatic rings. The molecule has 2 aliphatic heterocycles. The molecule has 0 radical (unpaired) electrons. The van der Waals surface area contributed by atoms with Crippen molar-refractivity contribution in [2.75, 3.05) is 59.2 Å². The molecule has 1 spiro atoms. The number of likely N-dealkylation sites (N-methyl/N-ethyl adjacent to an activating group) is 1. The summed E-state index contributed by atoms with van der Waals surface area (Å²) in [5.74, 6) is 2.66. The van der Waals surface area contributed by atoms with E-state index in [1.54, 1.807) is 19.0 Å². The van der Waals surface area contributed by atoms with E-state index in [9.17, 15) is 4.79 Å². The van der Waals surface area contributed by atoms with E-state index in [4.69, 9.17) is 9.73 Å². The molecule has 1 aliphatic carbocycles. The molecule has 0 aromatic heterocycles. The third kappa shape index (κ3) is 6.66. The van der Waals surface area contributed by atoms with Crippen LogP contribution >= 0.6 is 35.7 Å². The fourth-order valence-corrected chi connectivity index (χ4v) is 5.62. The number of carbonyl (C=O) groups is 1. The minimum Gasteiger partial charge on any atom is -0.381 e. The molecule has 156 valence electrons. The summed E-state index contributed by atoms with van der Waals surface area (Å²) in [4.78, 5) is 20.7. The summed E-state index contributed by atoms with van der Waals surface area (Å²) in [5, 5.41) is 3.56. The quantitative estimate of drug-likeness (QED) is 0.358.